The first-order valence-corrected chi connectivity index (χ1v) is 8.07. The Morgan fingerprint density at radius 1 is 1.33 bits per heavy atom. The molecule has 0 bridgehead atoms. The number of hydrogen-bond acceptors (Lipinski definition) is 2. The third-order valence-corrected chi connectivity index (χ3v) is 5.25. The Morgan fingerprint density at radius 3 is 2.71 bits per heavy atom. The molecule has 1 aromatic carbocycles. The van der Waals surface area contributed by atoms with Gasteiger partial charge in [0.1, 0.15) is 0 Å². The molecule has 1 amide bonds. The van der Waals surface area contributed by atoms with Crippen molar-refractivity contribution in [2.75, 3.05) is 20.3 Å². The molecule has 3 nitrogen and oxygen atoms in total. The van der Waals surface area contributed by atoms with Crippen LogP contribution >= 0.6 is 0 Å². The van der Waals surface area contributed by atoms with Gasteiger partial charge in [0.25, 0.3) is 0 Å². The van der Waals surface area contributed by atoms with Gasteiger partial charge in [-0.25, -0.2) is 0 Å². The van der Waals surface area contributed by atoms with Crippen LogP contribution in [-0.4, -0.2) is 26.2 Å². The van der Waals surface area contributed by atoms with Crippen LogP contribution in [0.3, 0.4) is 0 Å². The topological polar surface area (TPSA) is 38.3 Å². The molecule has 2 fully saturated rings. The van der Waals surface area contributed by atoms with E-state index in [-0.39, 0.29) is 11.3 Å². The standard InChI is InChI=1S/C18H25NO2/c1-21-11-10-18(8-5-9-18)17(20)19-13-15-12-16(15)14-6-3-2-4-7-14/h2-4,6-7,15-16H,5,8-13H2,1H3,(H,19,20)/t15-,16+/m1/s1. The maximum atomic E-state index is 12.5. The normalized spacial score (nSPS) is 26.0. The zero-order valence-electron chi connectivity index (χ0n) is 12.8. The number of hydrogen-bond donors (Lipinski definition) is 1. The van der Waals surface area contributed by atoms with E-state index in [1.165, 1.54) is 18.4 Å². The van der Waals surface area contributed by atoms with E-state index in [4.69, 9.17) is 4.74 Å². The van der Waals surface area contributed by atoms with Gasteiger partial charge in [0.05, 0.1) is 5.41 Å². The molecule has 3 heteroatoms. The van der Waals surface area contributed by atoms with Gasteiger partial charge in [-0.3, -0.25) is 4.79 Å². The van der Waals surface area contributed by atoms with Crippen LogP contribution in [0, 0.1) is 11.3 Å². The maximum absolute atomic E-state index is 12.5. The van der Waals surface area contributed by atoms with Gasteiger partial charge in [-0.05, 0) is 43.1 Å². The molecule has 2 atom stereocenters. The maximum Gasteiger partial charge on any atom is 0.226 e. The highest BCUT2D eigenvalue weighted by atomic mass is 16.5. The van der Waals surface area contributed by atoms with Crippen molar-refractivity contribution in [3.05, 3.63) is 35.9 Å². The number of rotatable bonds is 7. The van der Waals surface area contributed by atoms with E-state index in [0.717, 1.165) is 25.8 Å². The molecule has 2 saturated carbocycles. The van der Waals surface area contributed by atoms with E-state index < -0.39 is 0 Å². The Bertz CT molecular complexity index is 481. The molecule has 21 heavy (non-hydrogen) atoms. The number of carbonyl (C=O) groups is 1. The second-order valence-corrected chi connectivity index (χ2v) is 6.60. The largest absolute Gasteiger partial charge is 0.385 e. The summed E-state index contributed by atoms with van der Waals surface area (Å²) in [4.78, 5) is 12.5. The summed E-state index contributed by atoms with van der Waals surface area (Å²) >= 11 is 0. The van der Waals surface area contributed by atoms with E-state index in [2.05, 4.69) is 35.6 Å². The predicted molar refractivity (Wildman–Crippen MR) is 83.1 cm³/mol. The minimum absolute atomic E-state index is 0.132. The van der Waals surface area contributed by atoms with Crippen molar-refractivity contribution in [3.63, 3.8) is 0 Å². The van der Waals surface area contributed by atoms with Crippen LogP contribution in [0.2, 0.25) is 0 Å². The van der Waals surface area contributed by atoms with E-state index in [0.29, 0.717) is 18.4 Å². The van der Waals surface area contributed by atoms with E-state index in [1.54, 1.807) is 7.11 Å². The Kier molecular flexibility index (Phi) is 4.29. The zero-order chi connectivity index (χ0) is 14.7. The third-order valence-electron chi connectivity index (χ3n) is 5.25. The van der Waals surface area contributed by atoms with Gasteiger partial charge < -0.3 is 10.1 Å². The van der Waals surface area contributed by atoms with Gasteiger partial charge in [-0.2, -0.15) is 0 Å². The van der Waals surface area contributed by atoms with Gasteiger partial charge in [0.2, 0.25) is 5.91 Å². The summed E-state index contributed by atoms with van der Waals surface area (Å²) in [5, 5.41) is 3.20. The first kappa shape index (κ1) is 14.6. The number of methoxy groups -OCH3 is 1. The van der Waals surface area contributed by atoms with Crippen LogP contribution in [0.5, 0.6) is 0 Å². The van der Waals surface area contributed by atoms with Crippen molar-refractivity contribution in [1.82, 2.24) is 5.32 Å². The molecular weight excluding hydrogens is 262 g/mol. The van der Waals surface area contributed by atoms with Crippen molar-refractivity contribution >= 4 is 5.91 Å². The number of ether oxygens (including phenoxy) is 1. The summed E-state index contributed by atoms with van der Waals surface area (Å²) in [5.74, 6) is 1.52. The lowest BCUT2D eigenvalue weighted by molar-refractivity contribution is -0.137. The van der Waals surface area contributed by atoms with Crippen molar-refractivity contribution in [2.24, 2.45) is 11.3 Å². The average Bonchev–Trinajstić information content (AvgIpc) is 3.25. The average molecular weight is 287 g/mol. The highest BCUT2D eigenvalue weighted by Gasteiger charge is 2.45. The molecule has 0 unspecified atom stereocenters. The molecule has 0 aromatic heterocycles. The smallest absolute Gasteiger partial charge is 0.226 e. The van der Waals surface area contributed by atoms with Gasteiger partial charge >= 0.3 is 0 Å². The second kappa shape index (κ2) is 6.18. The first-order chi connectivity index (χ1) is 10.2. The van der Waals surface area contributed by atoms with Crippen LogP contribution in [0.25, 0.3) is 0 Å². The SMILES string of the molecule is COCCC1(C(=O)NC[C@H]2C[C@H]2c2ccccc2)CCC1. The first-order valence-electron chi connectivity index (χ1n) is 8.07. The Hall–Kier alpha value is -1.35. The summed E-state index contributed by atoms with van der Waals surface area (Å²) in [6, 6.07) is 10.6. The van der Waals surface area contributed by atoms with Crippen LogP contribution in [0.4, 0.5) is 0 Å². The summed E-state index contributed by atoms with van der Waals surface area (Å²) < 4.78 is 5.16. The minimum Gasteiger partial charge on any atom is -0.385 e. The molecule has 0 heterocycles. The summed E-state index contributed by atoms with van der Waals surface area (Å²) in [6.45, 7) is 1.51. The molecule has 0 spiro atoms. The molecule has 1 aromatic rings. The highest BCUT2D eigenvalue weighted by Crippen LogP contribution is 2.48. The molecule has 0 saturated heterocycles. The lowest BCUT2D eigenvalue weighted by atomic mass is 9.66. The molecule has 0 radical (unpaired) electrons. The summed E-state index contributed by atoms with van der Waals surface area (Å²) in [7, 11) is 1.71. The summed E-state index contributed by atoms with van der Waals surface area (Å²) in [6.07, 6.45) is 5.29. The lowest BCUT2D eigenvalue weighted by Crippen LogP contribution is -2.46. The van der Waals surface area contributed by atoms with Crippen molar-refractivity contribution in [3.8, 4) is 0 Å². The molecule has 3 rings (SSSR count). The number of amides is 1. The number of carbonyl (C=O) groups excluding carboxylic acids is 1. The third kappa shape index (κ3) is 3.13. The van der Waals surface area contributed by atoms with Gasteiger partial charge in [-0.1, -0.05) is 36.8 Å². The summed E-state index contributed by atoms with van der Waals surface area (Å²) in [5.41, 5.74) is 1.28. The van der Waals surface area contributed by atoms with Crippen LogP contribution in [-0.2, 0) is 9.53 Å². The van der Waals surface area contributed by atoms with Gasteiger partial charge in [0, 0.05) is 20.3 Å². The van der Waals surface area contributed by atoms with E-state index in [9.17, 15) is 4.79 Å². The van der Waals surface area contributed by atoms with Gasteiger partial charge in [0.15, 0.2) is 0 Å². The molecular formula is C18H25NO2. The predicted octanol–water partition coefficient (Wildman–Crippen LogP) is 3.11. The lowest BCUT2D eigenvalue weighted by Gasteiger charge is -2.40. The molecule has 0 aliphatic heterocycles. The zero-order valence-corrected chi connectivity index (χ0v) is 12.8. The van der Waals surface area contributed by atoms with Crippen molar-refractivity contribution in [2.45, 2.75) is 38.0 Å². The van der Waals surface area contributed by atoms with Crippen LogP contribution in [0.1, 0.15) is 43.6 Å². The Balaban J connectivity index is 1.47. The highest BCUT2D eigenvalue weighted by molar-refractivity contribution is 5.83. The molecule has 2 aliphatic rings. The monoisotopic (exact) mass is 287 g/mol. The fraction of sp³-hybridized carbons (Fsp3) is 0.611. The van der Waals surface area contributed by atoms with Crippen LogP contribution in [0.15, 0.2) is 30.3 Å². The fourth-order valence-electron chi connectivity index (χ4n) is 3.48. The molecule has 1 N–H and O–H groups in total. The molecule has 2 aliphatic carbocycles. The Labute approximate surface area is 127 Å². The van der Waals surface area contributed by atoms with Crippen molar-refractivity contribution < 1.29 is 9.53 Å². The number of nitrogens with one attached hydrogen (secondary N) is 1. The minimum atomic E-state index is -0.132. The van der Waals surface area contributed by atoms with Crippen molar-refractivity contribution in [1.29, 1.82) is 0 Å². The quantitative estimate of drug-likeness (QED) is 0.837. The van der Waals surface area contributed by atoms with Gasteiger partial charge in [-0.15, -0.1) is 0 Å². The van der Waals surface area contributed by atoms with E-state index in [1.807, 2.05) is 0 Å². The van der Waals surface area contributed by atoms with Crippen LogP contribution < -0.4 is 5.32 Å². The molecule has 114 valence electrons. The Morgan fingerprint density at radius 2 is 2.10 bits per heavy atom. The fourth-order valence-corrected chi connectivity index (χ4v) is 3.48. The number of benzene rings is 1. The second-order valence-electron chi connectivity index (χ2n) is 6.60. The van der Waals surface area contributed by atoms with E-state index >= 15 is 0 Å².